The van der Waals surface area contributed by atoms with Crippen molar-refractivity contribution >= 4 is 45.8 Å². The van der Waals surface area contributed by atoms with Crippen LogP contribution >= 0.6 is 23.4 Å². The number of amidine groups is 1. The molecule has 0 unspecified atom stereocenters. The van der Waals surface area contributed by atoms with Crippen molar-refractivity contribution in [3.8, 4) is 6.19 Å². The van der Waals surface area contributed by atoms with Gasteiger partial charge in [-0.2, -0.15) is 5.26 Å². The van der Waals surface area contributed by atoms with E-state index >= 15 is 0 Å². The van der Waals surface area contributed by atoms with Crippen LogP contribution in [0.25, 0.3) is 0 Å². The van der Waals surface area contributed by atoms with E-state index in [1.807, 2.05) is 66.7 Å². The van der Waals surface area contributed by atoms with E-state index in [2.05, 4.69) is 15.2 Å². The van der Waals surface area contributed by atoms with Crippen LogP contribution in [0.4, 0.5) is 11.4 Å². The Morgan fingerprint density at radius 3 is 2.48 bits per heavy atom. The minimum absolute atomic E-state index is 0.0462. The fourth-order valence-electron chi connectivity index (χ4n) is 3.20. The Morgan fingerprint density at radius 2 is 1.86 bits per heavy atom. The number of halogens is 1. The number of piperazine rings is 1. The van der Waals surface area contributed by atoms with Crippen molar-refractivity contribution in [3.05, 3.63) is 58.6 Å². The monoisotopic (exact) mass is 427 g/mol. The van der Waals surface area contributed by atoms with Crippen LogP contribution in [-0.4, -0.2) is 48.4 Å². The second-order valence-electron chi connectivity index (χ2n) is 6.61. The van der Waals surface area contributed by atoms with Crippen LogP contribution in [0.3, 0.4) is 0 Å². The number of hydrogen-bond donors (Lipinski definition) is 1. The number of nitrogens with one attached hydrogen (secondary N) is 1. The lowest BCUT2D eigenvalue weighted by atomic mass is 10.1. The summed E-state index contributed by atoms with van der Waals surface area (Å²) in [6.45, 7) is 4.53. The zero-order chi connectivity index (χ0) is 20.8. The van der Waals surface area contributed by atoms with Crippen molar-refractivity contribution in [2.24, 2.45) is 4.99 Å². The van der Waals surface area contributed by atoms with Gasteiger partial charge in [0.25, 0.3) is 5.91 Å². The van der Waals surface area contributed by atoms with Crippen LogP contribution in [-0.2, 0) is 0 Å². The van der Waals surface area contributed by atoms with E-state index < -0.39 is 0 Å². The molecule has 2 aromatic carbocycles. The summed E-state index contributed by atoms with van der Waals surface area (Å²) in [5, 5.41) is 12.6. The van der Waals surface area contributed by atoms with E-state index in [9.17, 15) is 4.79 Å². The van der Waals surface area contributed by atoms with Gasteiger partial charge in [0.15, 0.2) is 11.4 Å². The minimum Gasteiger partial charge on any atom is -0.365 e. The number of aryl methyl sites for hydroxylation is 1. The fourth-order valence-corrected chi connectivity index (χ4v) is 3.83. The average molecular weight is 428 g/mol. The molecule has 1 aliphatic heterocycles. The molecule has 0 aromatic heterocycles. The quantitative estimate of drug-likeness (QED) is 0.346. The van der Waals surface area contributed by atoms with Crippen LogP contribution in [0, 0.1) is 18.4 Å². The highest BCUT2D eigenvalue weighted by molar-refractivity contribution is 8.13. The van der Waals surface area contributed by atoms with Gasteiger partial charge in [-0.15, -0.1) is 0 Å². The number of rotatable bonds is 3. The molecule has 6 nitrogen and oxygen atoms in total. The first-order chi connectivity index (χ1) is 14.0. The van der Waals surface area contributed by atoms with Crippen molar-refractivity contribution in [3.63, 3.8) is 0 Å². The van der Waals surface area contributed by atoms with Crippen LogP contribution in [0.2, 0.25) is 5.02 Å². The Bertz CT molecular complexity index is 947. The van der Waals surface area contributed by atoms with Gasteiger partial charge in [-0.25, -0.2) is 4.99 Å². The summed E-state index contributed by atoms with van der Waals surface area (Å²) < 4.78 is 0. The number of para-hydroxylation sites is 1. The molecule has 29 heavy (non-hydrogen) atoms. The number of thioether (sulfide) groups is 1. The van der Waals surface area contributed by atoms with Gasteiger partial charge in [0.2, 0.25) is 0 Å². The maximum atomic E-state index is 12.8. The standard InChI is InChI=1S/C21H22ClN5OS/c1-15-6-8-16(9-7-15)20(28)27-12-10-26(11-13-27)19-17(22)4-3-5-18(19)25-21(29-2)24-14-23/h3-9H,10-13H2,1-2H3,(H,24,25). The van der Waals surface area contributed by atoms with Crippen molar-refractivity contribution < 1.29 is 4.79 Å². The lowest BCUT2D eigenvalue weighted by Gasteiger charge is -2.37. The van der Waals surface area contributed by atoms with Crippen molar-refractivity contribution in [2.75, 3.05) is 37.3 Å². The summed E-state index contributed by atoms with van der Waals surface area (Å²) in [6.07, 6.45) is 3.75. The Labute approximate surface area is 180 Å². The van der Waals surface area contributed by atoms with Gasteiger partial charge in [-0.3, -0.25) is 10.1 Å². The summed E-state index contributed by atoms with van der Waals surface area (Å²) in [5.74, 6) is 0.0462. The first-order valence-electron chi connectivity index (χ1n) is 9.20. The van der Waals surface area contributed by atoms with Gasteiger partial charge < -0.3 is 9.80 Å². The molecule has 1 aliphatic rings. The number of benzene rings is 2. The zero-order valence-electron chi connectivity index (χ0n) is 16.4. The van der Waals surface area contributed by atoms with Crippen LogP contribution in [0.1, 0.15) is 15.9 Å². The van der Waals surface area contributed by atoms with Crippen LogP contribution in [0.15, 0.2) is 47.5 Å². The van der Waals surface area contributed by atoms with E-state index in [1.165, 1.54) is 11.8 Å². The molecule has 0 saturated carbocycles. The van der Waals surface area contributed by atoms with Crippen molar-refractivity contribution in [2.45, 2.75) is 6.92 Å². The minimum atomic E-state index is 0.0462. The van der Waals surface area contributed by atoms with Gasteiger partial charge >= 0.3 is 0 Å². The smallest absolute Gasteiger partial charge is 0.253 e. The average Bonchev–Trinajstić information content (AvgIpc) is 2.74. The van der Waals surface area contributed by atoms with E-state index in [0.29, 0.717) is 47.6 Å². The summed E-state index contributed by atoms with van der Waals surface area (Å²) in [4.78, 5) is 21.3. The number of hydrogen-bond acceptors (Lipinski definition) is 5. The molecule has 8 heteroatoms. The molecule has 0 radical (unpaired) electrons. The summed E-state index contributed by atoms with van der Waals surface area (Å²) in [5.41, 5.74) is 3.36. The lowest BCUT2D eigenvalue weighted by molar-refractivity contribution is 0.0747. The molecule has 150 valence electrons. The topological polar surface area (TPSA) is 71.7 Å². The highest BCUT2D eigenvalue weighted by Gasteiger charge is 2.25. The number of nitriles is 1. The summed E-state index contributed by atoms with van der Waals surface area (Å²) in [6, 6.07) is 13.2. The maximum Gasteiger partial charge on any atom is 0.253 e. The molecular formula is C21H22ClN5OS. The molecule has 1 fully saturated rings. The highest BCUT2D eigenvalue weighted by Crippen LogP contribution is 2.37. The Hall–Kier alpha value is -2.69. The molecule has 1 saturated heterocycles. The van der Waals surface area contributed by atoms with Crippen LogP contribution in [0.5, 0.6) is 0 Å². The Kier molecular flexibility index (Phi) is 7.02. The third-order valence-electron chi connectivity index (χ3n) is 4.73. The number of amides is 1. The zero-order valence-corrected chi connectivity index (χ0v) is 17.9. The summed E-state index contributed by atoms with van der Waals surface area (Å²) in [7, 11) is 0. The van der Waals surface area contributed by atoms with E-state index in [-0.39, 0.29) is 5.91 Å². The fraction of sp³-hybridized carbons (Fsp3) is 0.286. The van der Waals surface area contributed by atoms with Gasteiger partial charge in [-0.05, 0) is 37.4 Å². The molecule has 0 bridgehead atoms. The molecule has 0 atom stereocenters. The number of carbonyl (C=O) groups excluding carboxylic acids is 1. The number of nitrogens with zero attached hydrogens (tertiary/aromatic N) is 4. The molecule has 1 heterocycles. The molecule has 0 aliphatic carbocycles. The molecule has 1 amide bonds. The first kappa shape index (κ1) is 21.0. The third kappa shape index (κ3) is 5.03. The van der Waals surface area contributed by atoms with E-state index in [4.69, 9.17) is 16.9 Å². The lowest BCUT2D eigenvalue weighted by Crippen LogP contribution is -2.48. The molecular weight excluding hydrogens is 406 g/mol. The SMILES string of the molecule is CSC(=Nc1cccc(Cl)c1N1CCN(C(=O)c2ccc(C)cc2)CC1)NC#N. The van der Waals surface area contributed by atoms with E-state index in [0.717, 1.165) is 11.3 Å². The Balaban J connectivity index is 1.76. The largest absolute Gasteiger partial charge is 0.365 e. The normalized spacial score (nSPS) is 14.5. The molecule has 3 rings (SSSR count). The number of anilines is 1. The molecule has 2 aromatic rings. The molecule has 1 N–H and O–H groups in total. The van der Waals surface area contributed by atoms with Gasteiger partial charge in [0, 0.05) is 31.7 Å². The van der Waals surface area contributed by atoms with Gasteiger partial charge in [0.05, 0.1) is 16.4 Å². The first-order valence-corrected chi connectivity index (χ1v) is 10.8. The second kappa shape index (κ2) is 9.68. The maximum absolute atomic E-state index is 12.8. The van der Waals surface area contributed by atoms with Crippen LogP contribution < -0.4 is 10.2 Å². The van der Waals surface area contributed by atoms with E-state index in [1.54, 1.807) is 0 Å². The predicted molar refractivity (Wildman–Crippen MR) is 120 cm³/mol. The van der Waals surface area contributed by atoms with Gasteiger partial charge in [-0.1, -0.05) is 47.1 Å². The van der Waals surface area contributed by atoms with Gasteiger partial charge in [0.1, 0.15) is 0 Å². The predicted octanol–water partition coefficient (Wildman–Crippen LogP) is 4.03. The Morgan fingerprint density at radius 1 is 1.17 bits per heavy atom. The van der Waals surface area contributed by atoms with Crippen molar-refractivity contribution in [1.82, 2.24) is 10.2 Å². The number of carbonyl (C=O) groups is 1. The van der Waals surface area contributed by atoms with Crippen molar-refractivity contribution in [1.29, 1.82) is 5.26 Å². The summed E-state index contributed by atoms with van der Waals surface area (Å²) >= 11 is 7.85. The molecule has 0 spiro atoms. The highest BCUT2D eigenvalue weighted by atomic mass is 35.5. The number of aliphatic imine (C=N–C) groups is 1. The second-order valence-corrected chi connectivity index (χ2v) is 7.81. The third-order valence-corrected chi connectivity index (χ3v) is 5.61.